The number of carboxylic acids is 1. The second-order valence-corrected chi connectivity index (χ2v) is 8.24. The molecule has 0 saturated carbocycles. The molecule has 0 spiro atoms. The molecule has 0 unspecified atom stereocenters. The molecule has 174 valence electrons. The molecule has 0 fully saturated rings. The standard InChI is InChI=1S/C21H28ClN5O5/c1-11(2)18(20(29)26-16(21(30)31)7-14-8-24-10-25-14)27-19(28)15-5-4-13(22)6-17(15)32-9-12(3)23/h4-6,8,10-12,16,18H,7,9,23H2,1-3H3,(H,24,25)(H,26,29)(H,27,28)(H,30,31)/t12-,16-,18-/m0/s1. The number of aliphatic carboxylic acids is 1. The minimum atomic E-state index is -1.20. The van der Waals surface area contributed by atoms with Gasteiger partial charge in [0.05, 0.1) is 11.9 Å². The van der Waals surface area contributed by atoms with Crippen LogP contribution < -0.4 is 21.1 Å². The predicted octanol–water partition coefficient (Wildman–Crippen LogP) is 1.36. The van der Waals surface area contributed by atoms with Gasteiger partial charge in [-0.25, -0.2) is 9.78 Å². The molecule has 32 heavy (non-hydrogen) atoms. The van der Waals surface area contributed by atoms with Gasteiger partial charge in [-0.2, -0.15) is 0 Å². The van der Waals surface area contributed by atoms with Crippen molar-refractivity contribution >= 4 is 29.4 Å². The number of halogens is 1. The third-order valence-electron chi connectivity index (χ3n) is 4.52. The summed E-state index contributed by atoms with van der Waals surface area (Å²) in [5.74, 6) is -2.46. The summed E-state index contributed by atoms with van der Waals surface area (Å²) in [6, 6.07) is 2.08. The highest BCUT2D eigenvalue weighted by Gasteiger charge is 2.30. The molecule has 2 aromatic rings. The number of nitrogens with zero attached hydrogens (tertiary/aromatic N) is 1. The van der Waals surface area contributed by atoms with E-state index in [9.17, 15) is 19.5 Å². The van der Waals surface area contributed by atoms with Gasteiger partial charge in [-0.3, -0.25) is 9.59 Å². The summed E-state index contributed by atoms with van der Waals surface area (Å²) in [7, 11) is 0. The number of rotatable bonds is 11. The molecule has 3 atom stereocenters. The molecule has 2 amide bonds. The van der Waals surface area contributed by atoms with Crippen LogP contribution in [0.15, 0.2) is 30.7 Å². The van der Waals surface area contributed by atoms with Crippen LogP contribution in [0.1, 0.15) is 36.8 Å². The van der Waals surface area contributed by atoms with Crippen molar-refractivity contribution < 1.29 is 24.2 Å². The minimum Gasteiger partial charge on any atom is -0.491 e. The first-order valence-corrected chi connectivity index (χ1v) is 10.5. The summed E-state index contributed by atoms with van der Waals surface area (Å²) in [5, 5.41) is 15.0. The number of H-pyrrole nitrogens is 1. The van der Waals surface area contributed by atoms with E-state index in [1.165, 1.54) is 30.7 Å². The van der Waals surface area contributed by atoms with Crippen LogP contribution in [0.3, 0.4) is 0 Å². The Balaban J connectivity index is 2.16. The Labute approximate surface area is 190 Å². The third-order valence-corrected chi connectivity index (χ3v) is 4.75. The highest BCUT2D eigenvalue weighted by atomic mass is 35.5. The molecule has 0 bridgehead atoms. The lowest BCUT2D eigenvalue weighted by atomic mass is 10.0. The van der Waals surface area contributed by atoms with Crippen molar-refractivity contribution in [2.75, 3.05) is 6.61 Å². The summed E-state index contributed by atoms with van der Waals surface area (Å²) in [5.41, 5.74) is 6.45. The van der Waals surface area contributed by atoms with Crippen LogP contribution in [0.2, 0.25) is 5.02 Å². The molecule has 6 N–H and O–H groups in total. The zero-order chi connectivity index (χ0) is 23.8. The SMILES string of the molecule is CC(C)[C@H](NC(=O)c1ccc(Cl)cc1OC[C@H](C)N)C(=O)N[C@@H](Cc1cnc[nH]1)C(=O)O. The molecule has 0 aliphatic carbocycles. The molecule has 10 nitrogen and oxygen atoms in total. The Morgan fingerprint density at radius 1 is 1.25 bits per heavy atom. The first-order chi connectivity index (χ1) is 15.1. The molecule has 1 heterocycles. The fraction of sp³-hybridized carbons (Fsp3) is 0.429. The zero-order valence-electron chi connectivity index (χ0n) is 18.1. The number of aromatic amines is 1. The van der Waals surface area contributed by atoms with E-state index in [0.29, 0.717) is 10.7 Å². The number of carboxylic acid groups (broad SMARTS) is 1. The molecule has 1 aromatic carbocycles. The van der Waals surface area contributed by atoms with E-state index in [-0.39, 0.29) is 36.3 Å². The lowest BCUT2D eigenvalue weighted by Crippen LogP contribution is -2.54. The van der Waals surface area contributed by atoms with Crippen molar-refractivity contribution in [3.05, 3.63) is 47.0 Å². The summed E-state index contributed by atoms with van der Waals surface area (Å²) < 4.78 is 5.60. The van der Waals surface area contributed by atoms with E-state index in [1.54, 1.807) is 20.8 Å². The fourth-order valence-electron chi connectivity index (χ4n) is 2.86. The zero-order valence-corrected chi connectivity index (χ0v) is 18.8. The van der Waals surface area contributed by atoms with E-state index < -0.39 is 29.9 Å². The molecule has 0 saturated heterocycles. The van der Waals surface area contributed by atoms with Gasteiger partial charge >= 0.3 is 5.97 Å². The third kappa shape index (κ3) is 7.24. The van der Waals surface area contributed by atoms with Crippen LogP contribution in [0.4, 0.5) is 0 Å². The van der Waals surface area contributed by atoms with Crippen molar-refractivity contribution in [1.82, 2.24) is 20.6 Å². The average Bonchev–Trinajstić information content (AvgIpc) is 3.22. The average molecular weight is 466 g/mol. The maximum absolute atomic E-state index is 12.9. The number of nitrogens with one attached hydrogen (secondary N) is 3. The topological polar surface area (TPSA) is 159 Å². The van der Waals surface area contributed by atoms with E-state index >= 15 is 0 Å². The molecular formula is C21H28ClN5O5. The Kier molecular flexibility index (Phi) is 9.03. The van der Waals surface area contributed by atoms with Gasteiger partial charge in [-0.05, 0) is 31.0 Å². The van der Waals surface area contributed by atoms with Crippen molar-refractivity contribution in [2.24, 2.45) is 11.7 Å². The van der Waals surface area contributed by atoms with Gasteiger partial charge in [0.25, 0.3) is 5.91 Å². The highest BCUT2D eigenvalue weighted by molar-refractivity contribution is 6.30. The van der Waals surface area contributed by atoms with Gasteiger partial charge in [0.15, 0.2) is 0 Å². The maximum atomic E-state index is 12.9. The summed E-state index contributed by atoms with van der Waals surface area (Å²) in [6.45, 7) is 5.41. The Hall–Kier alpha value is -3.11. The largest absolute Gasteiger partial charge is 0.491 e. The number of benzene rings is 1. The number of carbonyl (C=O) groups excluding carboxylic acids is 2. The molecular weight excluding hydrogens is 438 g/mol. The maximum Gasteiger partial charge on any atom is 0.326 e. The first kappa shape index (κ1) is 25.2. The predicted molar refractivity (Wildman–Crippen MR) is 119 cm³/mol. The quantitative estimate of drug-likeness (QED) is 0.335. The van der Waals surface area contributed by atoms with Crippen LogP contribution in [0, 0.1) is 5.92 Å². The highest BCUT2D eigenvalue weighted by Crippen LogP contribution is 2.24. The summed E-state index contributed by atoms with van der Waals surface area (Å²) >= 11 is 6.02. The van der Waals surface area contributed by atoms with Gasteiger partial charge in [0.2, 0.25) is 5.91 Å². The van der Waals surface area contributed by atoms with Crippen LogP contribution >= 0.6 is 11.6 Å². The normalized spacial score (nSPS) is 13.8. The Morgan fingerprint density at radius 2 is 1.97 bits per heavy atom. The van der Waals surface area contributed by atoms with E-state index in [2.05, 4.69) is 20.6 Å². The second-order valence-electron chi connectivity index (χ2n) is 7.80. The van der Waals surface area contributed by atoms with Crippen molar-refractivity contribution in [2.45, 2.75) is 45.3 Å². The van der Waals surface area contributed by atoms with Crippen LogP contribution in [0.25, 0.3) is 0 Å². The summed E-state index contributed by atoms with van der Waals surface area (Å²) in [4.78, 5) is 44.1. The number of hydrogen-bond donors (Lipinski definition) is 5. The second kappa shape index (κ2) is 11.5. The Bertz CT molecular complexity index is 933. The number of imidazole rings is 1. The number of carbonyl (C=O) groups is 3. The first-order valence-electron chi connectivity index (χ1n) is 10.1. The van der Waals surface area contributed by atoms with Crippen LogP contribution in [0.5, 0.6) is 5.75 Å². The van der Waals surface area contributed by atoms with E-state index in [4.69, 9.17) is 22.1 Å². The van der Waals surface area contributed by atoms with Gasteiger partial charge in [-0.15, -0.1) is 0 Å². The van der Waals surface area contributed by atoms with Gasteiger partial charge in [0.1, 0.15) is 24.4 Å². The van der Waals surface area contributed by atoms with Crippen LogP contribution in [-0.2, 0) is 16.0 Å². The number of hydrogen-bond acceptors (Lipinski definition) is 6. The number of ether oxygens (including phenoxy) is 1. The lowest BCUT2D eigenvalue weighted by Gasteiger charge is -2.24. The van der Waals surface area contributed by atoms with E-state index in [0.717, 1.165) is 0 Å². The molecule has 0 radical (unpaired) electrons. The molecule has 1 aromatic heterocycles. The molecule has 0 aliphatic rings. The van der Waals surface area contributed by atoms with Crippen LogP contribution in [-0.4, -0.2) is 57.6 Å². The molecule has 2 rings (SSSR count). The summed E-state index contributed by atoms with van der Waals surface area (Å²) in [6.07, 6.45) is 2.92. The van der Waals surface area contributed by atoms with Crippen molar-refractivity contribution in [3.63, 3.8) is 0 Å². The molecule has 11 heteroatoms. The monoisotopic (exact) mass is 465 g/mol. The number of nitrogens with two attached hydrogens (primary N) is 1. The van der Waals surface area contributed by atoms with Crippen molar-refractivity contribution in [1.29, 1.82) is 0 Å². The van der Waals surface area contributed by atoms with E-state index in [1.807, 2.05) is 0 Å². The smallest absolute Gasteiger partial charge is 0.326 e. The minimum absolute atomic E-state index is 0.0201. The van der Waals surface area contributed by atoms with Gasteiger partial charge in [-0.1, -0.05) is 25.4 Å². The number of amides is 2. The van der Waals surface area contributed by atoms with Gasteiger partial charge in [0, 0.05) is 29.4 Å². The van der Waals surface area contributed by atoms with Gasteiger partial charge < -0.3 is 31.2 Å². The fourth-order valence-corrected chi connectivity index (χ4v) is 3.02. The number of aromatic nitrogens is 2. The Morgan fingerprint density at radius 3 is 2.53 bits per heavy atom. The molecule has 0 aliphatic heterocycles. The lowest BCUT2D eigenvalue weighted by molar-refractivity contribution is -0.142. The van der Waals surface area contributed by atoms with Crippen molar-refractivity contribution in [3.8, 4) is 5.75 Å².